The SMILES string of the molecule is O=C[C@@H]1C/C=C\COCCCCOCc2ccccc2C2OC2N1. The van der Waals surface area contributed by atoms with E-state index in [0.29, 0.717) is 19.6 Å². The van der Waals surface area contributed by atoms with E-state index in [2.05, 4.69) is 17.4 Å². The molecule has 2 aliphatic rings. The highest BCUT2D eigenvalue weighted by Crippen LogP contribution is 2.39. The zero-order valence-corrected chi connectivity index (χ0v) is 13.9. The molecule has 0 spiro atoms. The van der Waals surface area contributed by atoms with Crippen LogP contribution < -0.4 is 5.32 Å². The van der Waals surface area contributed by atoms with E-state index in [1.54, 1.807) is 0 Å². The summed E-state index contributed by atoms with van der Waals surface area (Å²) in [5.41, 5.74) is 2.29. The van der Waals surface area contributed by atoms with Gasteiger partial charge < -0.3 is 19.0 Å². The summed E-state index contributed by atoms with van der Waals surface area (Å²) in [6.07, 6.45) is 7.39. The van der Waals surface area contributed by atoms with E-state index < -0.39 is 0 Å². The number of epoxide rings is 1. The van der Waals surface area contributed by atoms with Gasteiger partial charge in [-0.05, 0) is 30.4 Å². The fourth-order valence-electron chi connectivity index (χ4n) is 2.85. The second kappa shape index (κ2) is 9.08. The van der Waals surface area contributed by atoms with Crippen LogP contribution in [0.5, 0.6) is 0 Å². The van der Waals surface area contributed by atoms with Gasteiger partial charge in [0.2, 0.25) is 0 Å². The minimum absolute atomic E-state index is 0.00440. The van der Waals surface area contributed by atoms with Crippen molar-refractivity contribution in [1.82, 2.24) is 5.32 Å². The van der Waals surface area contributed by atoms with Crippen molar-refractivity contribution in [3.05, 3.63) is 47.5 Å². The van der Waals surface area contributed by atoms with Crippen LogP contribution in [0, 0.1) is 0 Å². The van der Waals surface area contributed by atoms with Crippen molar-refractivity contribution in [2.45, 2.75) is 44.2 Å². The molecular formula is C19H25NO4. The van der Waals surface area contributed by atoms with Crippen molar-refractivity contribution < 1.29 is 19.0 Å². The van der Waals surface area contributed by atoms with Gasteiger partial charge in [0.25, 0.3) is 0 Å². The molecule has 0 radical (unpaired) electrons. The Morgan fingerprint density at radius 3 is 2.79 bits per heavy atom. The first-order chi connectivity index (χ1) is 11.9. The van der Waals surface area contributed by atoms with E-state index in [-0.39, 0.29) is 18.4 Å². The Hall–Kier alpha value is -1.53. The number of nitrogens with one attached hydrogen (secondary N) is 1. The predicted octanol–water partition coefficient (Wildman–Crippen LogP) is 2.51. The number of carbonyl (C=O) groups is 1. The number of aldehydes is 1. The Bertz CT molecular complexity index is 560. The summed E-state index contributed by atoms with van der Waals surface area (Å²) in [4.78, 5) is 11.3. The molecule has 5 heteroatoms. The van der Waals surface area contributed by atoms with Gasteiger partial charge in [0.05, 0.1) is 19.3 Å². The summed E-state index contributed by atoms with van der Waals surface area (Å²) in [7, 11) is 0. The molecule has 0 amide bonds. The lowest BCUT2D eigenvalue weighted by molar-refractivity contribution is -0.109. The highest BCUT2D eigenvalue weighted by atomic mass is 16.6. The van der Waals surface area contributed by atoms with Gasteiger partial charge in [-0.2, -0.15) is 0 Å². The van der Waals surface area contributed by atoms with Crippen LogP contribution in [0.1, 0.15) is 36.5 Å². The smallest absolute Gasteiger partial charge is 0.140 e. The molecular weight excluding hydrogens is 306 g/mol. The zero-order chi connectivity index (χ0) is 16.6. The summed E-state index contributed by atoms with van der Waals surface area (Å²) in [5, 5.41) is 3.25. The molecule has 5 nitrogen and oxygen atoms in total. The van der Waals surface area contributed by atoms with Gasteiger partial charge in [0, 0.05) is 13.2 Å². The Balaban J connectivity index is 1.66. The van der Waals surface area contributed by atoms with Crippen LogP contribution in [-0.2, 0) is 25.6 Å². The third-order valence-electron chi connectivity index (χ3n) is 4.25. The maximum absolute atomic E-state index is 11.3. The molecule has 3 atom stereocenters. The topological polar surface area (TPSA) is 60.1 Å². The van der Waals surface area contributed by atoms with Crippen molar-refractivity contribution >= 4 is 6.29 Å². The average molecular weight is 331 g/mol. The first-order valence-electron chi connectivity index (χ1n) is 8.63. The van der Waals surface area contributed by atoms with Crippen LogP contribution in [0.4, 0.5) is 0 Å². The van der Waals surface area contributed by atoms with Gasteiger partial charge in [-0.15, -0.1) is 0 Å². The van der Waals surface area contributed by atoms with Crippen LogP contribution in [0.25, 0.3) is 0 Å². The molecule has 3 rings (SSSR count). The van der Waals surface area contributed by atoms with E-state index in [1.165, 1.54) is 0 Å². The fraction of sp³-hybridized carbons (Fsp3) is 0.526. The predicted molar refractivity (Wildman–Crippen MR) is 90.5 cm³/mol. The van der Waals surface area contributed by atoms with E-state index in [0.717, 1.165) is 43.5 Å². The molecule has 130 valence electrons. The molecule has 1 aromatic rings. The van der Waals surface area contributed by atoms with Crippen molar-refractivity contribution in [3.8, 4) is 0 Å². The number of benzene rings is 1. The van der Waals surface area contributed by atoms with Crippen molar-refractivity contribution in [2.24, 2.45) is 0 Å². The normalized spacial score (nSPS) is 30.4. The Morgan fingerprint density at radius 2 is 1.92 bits per heavy atom. The molecule has 1 aromatic carbocycles. The molecule has 1 N–H and O–H groups in total. The third kappa shape index (κ3) is 4.98. The van der Waals surface area contributed by atoms with Crippen LogP contribution in [0.2, 0.25) is 0 Å². The first-order valence-corrected chi connectivity index (χ1v) is 8.63. The molecule has 0 saturated carbocycles. The minimum Gasteiger partial charge on any atom is -0.377 e. The molecule has 2 heterocycles. The molecule has 0 bridgehead atoms. The summed E-state index contributed by atoms with van der Waals surface area (Å²) >= 11 is 0. The Labute approximate surface area is 143 Å². The third-order valence-corrected chi connectivity index (χ3v) is 4.25. The van der Waals surface area contributed by atoms with E-state index >= 15 is 0 Å². The quantitative estimate of drug-likeness (QED) is 0.487. The molecule has 0 aliphatic carbocycles. The van der Waals surface area contributed by atoms with Crippen molar-refractivity contribution in [2.75, 3.05) is 19.8 Å². The monoisotopic (exact) mass is 331 g/mol. The highest BCUT2D eigenvalue weighted by Gasteiger charge is 2.42. The summed E-state index contributed by atoms with van der Waals surface area (Å²) in [6.45, 7) is 2.63. The van der Waals surface area contributed by atoms with E-state index in [9.17, 15) is 4.79 Å². The lowest BCUT2D eigenvalue weighted by Crippen LogP contribution is -2.32. The standard InChI is InChI=1S/C19H25NO4/c21-13-16-8-3-4-10-22-11-5-6-12-23-14-15-7-1-2-9-17(15)18-19(20-16)24-18/h1-4,7,9,13,16,18-20H,5-6,8,10-12,14H2/b4-3-/t16-,18?,19?/m0/s1. The molecule has 24 heavy (non-hydrogen) atoms. The highest BCUT2D eigenvalue weighted by molar-refractivity contribution is 5.58. The minimum atomic E-state index is -0.240. The number of fused-ring (bicyclic) bond motifs is 3. The fourth-order valence-corrected chi connectivity index (χ4v) is 2.85. The van der Waals surface area contributed by atoms with Gasteiger partial charge >= 0.3 is 0 Å². The Morgan fingerprint density at radius 1 is 1.08 bits per heavy atom. The molecule has 0 aromatic heterocycles. The molecule has 1 fully saturated rings. The van der Waals surface area contributed by atoms with E-state index in [4.69, 9.17) is 14.2 Å². The van der Waals surface area contributed by atoms with Gasteiger partial charge in [-0.1, -0.05) is 36.4 Å². The summed E-state index contributed by atoms with van der Waals surface area (Å²) in [5.74, 6) is 0. The number of hydrogen-bond donors (Lipinski definition) is 1. The number of hydrogen-bond acceptors (Lipinski definition) is 5. The maximum atomic E-state index is 11.3. The number of ether oxygens (including phenoxy) is 3. The second-order valence-electron chi connectivity index (χ2n) is 6.13. The van der Waals surface area contributed by atoms with Gasteiger partial charge in [-0.3, -0.25) is 5.32 Å². The molecule has 2 unspecified atom stereocenters. The zero-order valence-electron chi connectivity index (χ0n) is 13.9. The van der Waals surface area contributed by atoms with Crippen molar-refractivity contribution in [3.63, 3.8) is 0 Å². The van der Waals surface area contributed by atoms with Crippen LogP contribution in [0.3, 0.4) is 0 Å². The lowest BCUT2D eigenvalue weighted by atomic mass is 10.0. The van der Waals surface area contributed by atoms with E-state index in [1.807, 2.05) is 24.3 Å². The van der Waals surface area contributed by atoms with Crippen molar-refractivity contribution in [1.29, 1.82) is 0 Å². The maximum Gasteiger partial charge on any atom is 0.140 e. The summed E-state index contributed by atoms with van der Waals surface area (Å²) < 4.78 is 17.1. The largest absolute Gasteiger partial charge is 0.377 e. The van der Waals surface area contributed by atoms with Crippen LogP contribution in [0.15, 0.2) is 36.4 Å². The first kappa shape index (κ1) is 17.3. The molecule has 1 saturated heterocycles. The number of carbonyl (C=O) groups excluding carboxylic acids is 1. The van der Waals surface area contributed by atoms with Gasteiger partial charge in [-0.25, -0.2) is 0 Å². The van der Waals surface area contributed by atoms with Gasteiger partial charge in [0.1, 0.15) is 18.6 Å². The summed E-state index contributed by atoms with van der Waals surface area (Å²) in [6, 6.07) is 7.93. The Kier molecular flexibility index (Phi) is 6.55. The lowest BCUT2D eigenvalue weighted by Gasteiger charge is -2.10. The van der Waals surface area contributed by atoms with Crippen LogP contribution >= 0.6 is 0 Å². The molecule has 2 aliphatic heterocycles. The van der Waals surface area contributed by atoms with Crippen LogP contribution in [-0.4, -0.2) is 38.4 Å². The second-order valence-corrected chi connectivity index (χ2v) is 6.13. The number of rotatable bonds is 1. The van der Waals surface area contributed by atoms with Gasteiger partial charge in [0.15, 0.2) is 0 Å². The average Bonchev–Trinajstić information content (AvgIpc) is 3.37.